The number of benzene rings is 1. The third-order valence-corrected chi connectivity index (χ3v) is 6.44. The molecule has 148 valence electrons. The Morgan fingerprint density at radius 1 is 1.34 bits per heavy atom. The SMILES string of the molecule is COc1ccccc1C=NOCc1nc2c3c4c(sc3ncn2n1)CC(C)CC4. The Kier molecular flexibility index (Phi) is 4.63. The molecule has 0 N–H and O–H groups in total. The van der Waals surface area contributed by atoms with Crippen LogP contribution in [0.1, 0.15) is 35.2 Å². The first-order valence-electron chi connectivity index (χ1n) is 9.66. The lowest BCUT2D eigenvalue weighted by atomic mass is 9.89. The van der Waals surface area contributed by atoms with Crippen molar-refractivity contribution in [2.45, 2.75) is 32.8 Å². The number of ether oxygens (including phenoxy) is 1. The van der Waals surface area contributed by atoms with Crippen LogP contribution >= 0.6 is 11.3 Å². The maximum absolute atomic E-state index is 5.43. The van der Waals surface area contributed by atoms with Crippen LogP contribution < -0.4 is 4.74 Å². The molecule has 0 radical (unpaired) electrons. The Bertz CT molecular complexity index is 1210. The minimum absolute atomic E-state index is 0.193. The van der Waals surface area contributed by atoms with Gasteiger partial charge >= 0.3 is 0 Å². The molecule has 3 heterocycles. The van der Waals surface area contributed by atoms with E-state index in [1.54, 1.807) is 35.5 Å². The zero-order valence-corrected chi connectivity index (χ0v) is 17.1. The van der Waals surface area contributed by atoms with Crippen molar-refractivity contribution in [2.75, 3.05) is 7.11 Å². The standard InChI is InChI=1S/C21H21N5O2S/c1-13-7-8-15-17(9-13)29-21-19(15)20-24-18(25-26(20)12-22-21)11-28-23-10-14-5-3-4-6-16(14)27-2/h3-6,10,12-13H,7-9,11H2,1-2H3. The Morgan fingerprint density at radius 2 is 2.24 bits per heavy atom. The summed E-state index contributed by atoms with van der Waals surface area (Å²) in [5, 5.41) is 9.70. The summed E-state index contributed by atoms with van der Waals surface area (Å²) in [5.74, 6) is 2.06. The molecule has 0 saturated carbocycles. The molecule has 0 spiro atoms. The number of hydrogen-bond donors (Lipinski definition) is 0. The van der Waals surface area contributed by atoms with Gasteiger partial charge in [-0.25, -0.2) is 14.5 Å². The quantitative estimate of drug-likeness (QED) is 0.369. The van der Waals surface area contributed by atoms with Crippen molar-refractivity contribution in [3.63, 3.8) is 0 Å². The number of thiophene rings is 1. The zero-order valence-electron chi connectivity index (χ0n) is 16.3. The minimum Gasteiger partial charge on any atom is -0.496 e. The Balaban J connectivity index is 1.39. The van der Waals surface area contributed by atoms with Gasteiger partial charge in [0.05, 0.1) is 18.7 Å². The lowest BCUT2D eigenvalue weighted by molar-refractivity contribution is 0.126. The van der Waals surface area contributed by atoms with E-state index in [-0.39, 0.29) is 6.61 Å². The van der Waals surface area contributed by atoms with Gasteiger partial charge in [0.15, 0.2) is 18.1 Å². The number of rotatable bonds is 5. The van der Waals surface area contributed by atoms with Crippen molar-refractivity contribution in [3.8, 4) is 5.75 Å². The van der Waals surface area contributed by atoms with E-state index in [2.05, 4.69) is 22.2 Å². The fourth-order valence-corrected chi connectivity index (χ4v) is 5.15. The van der Waals surface area contributed by atoms with Crippen molar-refractivity contribution in [1.82, 2.24) is 19.6 Å². The van der Waals surface area contributed by atoms with Gasteiger partial charge in [0.1, 0.15) is 16.9 Å². The maximum atomic E-state index is 5.43. The molecule has 1 aromatic carbocycles. The summed E-state index contributed by atoms with van der Waals surface area (Å²) in [7, 11) is 1.63. The molecule has 4 aromatic rings. The number of oxime groups is 1. The smallest absolute Gasteiger partial charge is 0.192 e. The second-order valence-corrected chi connectivity index (χ2v) is 8.41. The van der Waals surface area contributed by atoms with Crippen molar-refractivity contribution in [2.24, 2.45) is 11.1 Å². The van der Waals surface area contributed by atoms with Gasteiger partial charge in [0.2, 0.25) is 0 Å². The normalized spacial score (nSPS) is 16.6. The summed E-state index contributed by atoms with van der Waals surface area (Å²) >= 11 is 1.79. The van der Waals surface area contributed by atoms with Crippen molar-refractivity contribution < 1.29 is 9.57 Å². The van der Waals surface area contributed by atoms with Crippen LogP contribution in [0.3, 0.4) is 0 Å². The van der Waals surface area contributed by atoms with Crippen LogP contribution in [-0.2, 0) is 24.3 Å². The van der Waals surface area contributed by atoms with E-state index in [0.717, 1.165) is 45.9 Å². The third kappa shape index (κ3) is 3.33. The van der Waals surface area contributed by atoms with Gasteiger partial charge in [-0.05, 0) is 42.9 Å². The highest BCUT2D eigenvalue weighted by atomic mass is 32.1. The predicted molar refractivity (Wildman–Crippen MR) is 113 cm³/mol. The van der Waals surface area contributed by atoms with Crippen LogP contribution in [0.25, 0.3) is 15.9 Å². The first-order chi connectivity index (χ1) is 14.2. The van der Waals surface area contributed by atoms with Crippen LogP contribution in [0.15, 0.2) is 35.7 Å². The molecular weight excluding hydrogens is 386 g/mol. The van der Waals surface area contributed by atoms with E-state index in [1.807, 2.05) is 24.3 Å². The third-order valence-electron chi connectivity index (χ3n) is 5.28. The summed E-state index contributed by atoms with van der Waals surface area (Å²) < 4.78 is 7.05. The van der Waals surface area contributed by atoms with Gasteiger partial charge in [-0.3, -0.25) is 0 Å². The second kappa shape index (κ2) is 7.44. The van der Waals surface area contributed by atoms with Crippen LogP contribution in [0.2, 0.25) is 0 Å². The highest BCUT2D eigenvalue weighted by molar-refractivity contribution is 7.19. The van der Waals surface area contributed by atoms with Crippen molar-refractivity contribution in [3.05, 3.63) is 52.4 Å². The Morgan fingerprint density at radius 3 is 3.14 bits per heavy atom. The topological polar surface area (TPSA) is 73.9 Å². The van der Waals surface area contributed by atoms with Gasteiger partial charge < -0.3 is 9.57 Å². The maximum Gasteiger partial charge on any atom is 0.192 e. The monoisotopic (exact) mass is 407 g/mol. The number of para-hydroxylation sites is 1. The Hall–Kier alpha value is -3.00. The van der Waals surface area contributed by atoms with Gasteiger partial charge in [0, 0.05) is 10.4 Å². The van der Waals surface area contributed by atoms with E-state index in [4.69, 9.17) is 14.6 Å². The zero-order chi connectivity index (χ0) is 19.8. The summed E-state index contributed by atoms with van der Waals surface area (Å²) in [6.07, 6.45) is 6.79. The average molecular weight is 407 g/mol. The van der Waals surface area contributed by atoms with Crippen molar-refractivity contribution >= 4 is 33.4 Å². The summed E-state index contributed by atoms with van der Waals surface area (Å²) in [6.45, 7) is 2.51. The first kappa shape index (κ1) is 18.1. The summed E-state index contributed by atoms with van der Waals surface area (Å²) in [5.41, 5.74) is 3.10. The number of fused-ring (bicyclic) bond motifs is 5. The van der Waals surface area contributed by atoms with Gasteiger partial charge in [-0.15, -0.1) is 16.4 Å². The number of aromatic nitrogens is 4. The van der Waals surface area contributed by atoms with E-state index < -0.39 is 0 Å². The summed E-state index contributed by atoms with van der Waals surface area (Å²) in [4.78, 5) is 17.2. The van der Waals surface area contributed by atoms with Crippen LogP contribution in [-0.4, -0.2) is 32.9 Å². The lowest BCUT2D eigenvalue weighted by Crippen LogP contribution is -2.08. The van der Waals surface area contributed by atoms with Gasteiger partial charge in [-0.1, -0.05) is 24.2 Å². The van der Waals surface area contributed by atoms with Gasteiger partial charge in [-0.2, -0.15) is 0 Å². The van der Waals surface area contributed by atoms with Crippen LogP contribution in [0, 0.1) is 5.92 Å². The number of nitrogens with zero attached hydrogens (tertiary/aromatic N) is 5. The molecule has 0 fully saturated rings. The molecular formula is C21H21N5O2S. The fraction of sp³-hybridized carbons (Fsp3) is 0.333. The molecule has 29 heavy (non-hydrogen) atoms. The molecule has 7 nitrogen and oxygen atoms in total. The molecule has 1 aliphatic carbocycles. The molecule has 1 aliphatic rings. The first-order valence-corrected chi connectivity index (χ1v) is 10.5. The molecule has 5 rings (SSSR count). The van der Waals surface area contributed by atoms with Gasteiger partial charge in [0.25, 0.3) is 0 Å². The minimum atomic E-state index is 0.193. The fourth-order valence-electron chi connectivity index (χ4n) is 3.81. The highest BCUT2D eigenvalue weighted by Crippen LogP contribution is 2.38. The average Bonchev–Trinajstić information content (AvgIpc) is 3.31. The summed E-state index contributed by atoms with van der Waals surface area (Å²) in [6, 6.07) is 7.63. The molecule has 0 amide bonds. The molecule has 0 saturated heterocycles. The number of aryl methyl sites for hydroxylation is 1. The van der Waals surface area contributed by atoms with Crippen LogP contribution in [0.5, 0.6) is 5.75 Å². The lowest BCUT2D eigenvalue weighted by Gasteiger charge is -2.17. The number of methoxy groups -OCH3 is 1. The van der Waals surface area contributed by atoms with Crippen molar-refractivity contribution in [1.29, 1.82) is 0 Å². The molecule has 8 heteroatoms. The molecule has 0 aliphatic heterocycles. The van der Waals surface area contributed by atoms with E-state index in [1.165, 1.54) is 16.9 Å². The van der Waals surface area contributed by atoms with E-state index in [0.29, 0.717) is 5.82 Å². The second-order valence-electron chi connectivity index (χ2n) is 7.32. The molecule has 0 bridgehead atoms. The van der Waals surface area contributed by atoms with Crippen LogP contribution in [0.4, 0.5) is 0 Å². The largest absolute Gasteiger partial charge is 0.496 e. The Labute approximate surface area is 172 Å². The highest BCUT2D eigenvalue weighted by Gasteiger charge is 2.23. The predicted octanol–water partition coefficient (Wildman–Crippen LogP) is 4.02. The molecule has 1 atom stereocenters. The van der Waals surface area contributed by atoms with E-state index in [9.17, 15) is 0 Å². The molecule has 1 unspecified atom stereocenters. The number of hydrogen-bond acceptors (Lipinski definition) is 7. The van der Waals surface area contributed by atoms with E-state index >= 15 is 0 Å². The molecule has 3 aromatic heterocycles.